The Morgan fingerprint density at radius 2 is 2.06 bits per heavy atom. The molecule has 0 heterocycles. The molecule has 2 nitrogen and oxygen atoms in total. The van der Waals surface area contributed by atoms with Crippen molar-refractivity contribution in [1.82, 2.24) is 4.90 Å². The average Bonchev–Trinajstić information content (AvgIpc) is 2.21. The zero-order valence-corrected chi connectivity index (χ0v) is 10.9. The van der Waals surface area contributed by atoms with Crippen LogP contribution in [0.15, 0.2) is 24.3 Å². The van der Waals surface area contributed by atoms with Gasteiger partial charge in [-0.1, -0.05) is 43.1 Å². The molecule has 0 bridgehead atoms. The van der Waals surface area contributed by atoms with E-state index in [-0.39, 0.29) is 6.04 Å². The van der Waals surface area contributed by atoms with Crippen LogP contribution in [0.5, 0.6) is 0 Å². The summed E-state index contributed by atoms with van der Waals surface area (Å²) in [5.74, 6) is 0. The van der Waals surface area contributed by atoms with Crippen LogP contribution in [0.3, 0.4) is 0 Å². The largest absolute Gasteiger partial charge is 0.327 e. The van der Waals surface area contributed by atoms with E-state index in [0.717, 1.165) is 36.5 Å². The van der Waals surface area contributed by atoms with E-state index in [0.29, 0.717) is 0 Å². The third kappa shape index (κ3) is 4.52. The molecular formula is C13H21ClN2. The maximum Gasteiger partial charge on any atom is 0.0451 e. The molecule has 1 aromatic carbocycles. The minimum absolute atomic E-state index is 0.262. The summed E-state index contributed by atoms with van der Waals surface area (Å²) in [6.45, 7) is 3.93. The molecule has 0 spiro atoms. The number of hydrogen-bond acceptors (Lipinski definition) is 2. The van der Waals surface area contributed by atoms with Gasteiger partial charge in [-0.25, -0.2) is 0 Å². The SMILES string of the molecule is CCCC(N)CN(C)Cc1ccccc1Cl. The van der Waals surface area contributed by atoms with Crippen molar-refractivity contribution in [1.29, 1.82) is 0 Å². The van der Waals surface area contributed by atoms with E-state index in [2.05, 4.69) is 24.9 Å². The molecule has 0 fully saturated rings. The van der Waals surface area contributed by atoms with Crippen molar-refractivity contribution in [3.05, 3.63) is 34.9 Å². The van der Waals surface area contributed by atoms with Gasteiger partial charge in [0.2, 0.25) is 0 Å². The van der Waals surface area contributed by atoms with Crippen LogP contribution < -0.4 is 5.73 Å². The highest BCUT2D eigenvalue weighted by Crippen LogP contribution is 2.16. The van der Waals surface area contributed by atoms with Gasteiger partial charge in [0.25, 0.3) is 0 Å². The molecule has 0 aliphatic heterocycles. The minimum atomic E-state index is 0.262. The van der Waals surface area contributed by atoms with Crippen LogP contribution in [0, 0.1) is 0 Å². The molecule has 0 aliphatic rings. The Morgan fingerprint density at radius 3 is 2.69 bits per heavy atom. The number of benzene rings is 1. The predicted octanol–water partition coefficient (Wildman–Crippen LogP) is 2.90. The maximum atomic E-state index is 6.11. The highest BCUT2D eigenvalue weighted by atomic mass is 35.5. The summed E-state index contributed by atoms with van der Waals surface area (Å²) in [6, 6.07) is 8.22. The molecule has 1 atom stereocenters. The van der Waals surface area contributed by atoms with E-state index in [4.69, 9.17) is 17.3 Å². The molecule has 0 saturated heterocycles. The standard InChI is InChI=1S/C13H21ClN2/c1-3-6-12(15)10-16(2)9-11-7-4-5-8-13(11)14/h4-5,7-8,12H,3,6,9-10,15H2,1-2H3. The fraction of sp³-hybridized carbons (Fsp3) is 0.538. The van der Waals surface area contributed by atoms with E-state index < -0.39 is 0 Å². The van der Waals surface area contributed by atoms with E-state index in [1.807, 2.05) is 18.2 Å². The van der Waals surface area contributed by atoms with Crippen molar-refractivity contribution >= 4 is 11.6 Å². The van der Waals surface area contributed by atoms with Gasteiger partial charge in [-0.3, -0.25) is 0 Å². The molecule has 0 radical (unpaired) electrons. The Bertz CT molecular complexity index is 315. The van der Waals surface area contributed by atoms with Gasteiger partial charge >= 0.3 is 0 Å². The van der Waals surface area contributed by atoms with Crippen molar-refractivity contribution in [3.8, 4) is 0 Å². The van der Waals surface area contributed by atoms with E-state index in [1.54, 1.807) is 0 Å². The van der Waals surface area contributed by atoms with Gasteiger partial charge in [-0.2, -0.15) is 0 Å². The van der Waals surface area contributed by atoms with E-state index in [1.165, 1.54) is 0 Å². The van der Waals surface area contributed by atoms with Gasteiger partial charge in [0.15, 0.2) is 0 Å². The van der Waals surface area contributed by atoms with E-state index >= 15 is 0 Å². The van der Waals surface area contributed by atoms with Gasteiger partial charge in [0.1, 0.15) is 0 Å². The van der Waals surface area contributed by atoms with E-state index in [9.17, 15) is 0 Å². The van der Waals surface area contributed by atoms with Crippen LogP contribution in [0.1, 0.15) is 25.3 Å². The van der Waals surface area contributed by atoms with Crippen molar-refractivity contribution in [3.63, 3.8) is 0 Å². The highest BCUT2D eigenvalue weighted by Gasteiger charge is 2.07. The molecule has 0 saturated carbocycles. The highest BCUT2D eigenvalue weighted by molar-refractivity contribution is 6.31. The van der Waals surface area contributed by atoms with Crippen LogP contribution in [0.4, 0.5) is 0 Å². The first-order valence-electron chi connectivity index (χ1n) is 5.81. The minimum Gasteiger partial charge on any atom is -0.327 e. The Hall–Kier alpha value is -0.570. The second kappa shape index (κ2) is 6.89. The predicted molar refractivity (Wildman–Crippen MR) is 70.7 cm³/mol. The molecule has 2 N–H and O–H groups in total. The monoisotopic (exact) mass is 240 g/mol. The zero-order chi connectivity index (χ0) is 12.0. The molecule has 0 aliphatic carbocycles. The zero-order valence-electron chi connectivity index (χ0n) is 10.1. The summed E-state index contributed by atoms with van der Waals surface area (Å²) < 4.78 is 0. The summed E-state index contributed by atoms with van der Waals surface area (Å²) in [5.41, 5.74) is 7.16. The first-order chi connectivity index (χ1) is 7.63. The smallest absolute Gasteiger partial charge is 0.0451 e. The number of halogens is 1. The topological polar surface area (TPSA) is 29.3 Å². The molecule has 3 heteroatoms. The quantitative estimate of drug-likeness (QED) is 0.829. The van der Waals surface area contributed by atoms with Crippen molar-refractivity contribution in [2.75, 3.05) is 13.6 Å². The lowest BCUT2D eigenvalue weighted by molar-refractivity contribution is 0.297. The van der Waals surface area contributed by atoms with Crippen LogP contribution in [-0.4, -0.2) is 24.5 Å². The van der Waals surface area contributed by atoms with Gasteiger partial charge in [-0.15, -0.1) is 0 Å². The third-order valence-corrected chi connectivity index (χ3v) is 2.97. The number of hydrogen-bond donors (Lipinski definition) is 1. The Kier molecular flexibility index (Phi) is 5.81. The van der Waals surface area contributed by atoms with Crippen LogP contribution >= 0.6 is 11.6 Å². The summed E-state index contributed by atoms with van der Waals surface area (Å²) in [5, 5.41) is 0.832. The van der Waals surface area contributed by atoms with Crippen LogP contribution in [0.2, 0.25) is 5.02 Å². The van der Waals surface area contributed by atoms with Crippen LogP contribution in [-0.2, 0) is 6.54 Å². The second-order valence-electron chi connectivity index (χ2n) is 4.34. The summed E-state index contributed by atoms with van der Waals surface area (Å²) >= 11 is 6.11. The molecule has 0 amide bonds. The lowest BCUT2D eigenvalue weighted by Gasteiger charge is -2.21. The number of likely N-dealkylation sites (N-methyl/N-ethyl adjacent to an activating group) is 1. The first kappa shape index (κ1) is 13.5. The molecule has 1 rings (SSSR count). The third-order valence-electron chi connectivity index (χ3n) is 2.60. The fourth-order valence-corrected chi connectivity index (χ4v) is 2.04. The summed E-state index contributed by atoms with van der Waals surface area (Å²) in [6.07, 6.45) is 2.22. The fourth-order valence-electron chi connectivity index (χ4n) is 1.84. The molecule has 1 aromatic rings. The summed E-state index contributed by atoms with van der Waals surface area (Å²) in [7, 11) is 2.08. The van der Waals surface area contributed by atoms with Gasteiger partial charge < -0.3 is 10.6 Å². The van der Waals surface area contributed by atoms with Crippen molar-refractivity contribution in [2.24, 2.45) is 5.73 Å². The Labute approximate surface area is 103 Å². The van der Waals surface area contributed by atoms with Crippen molar-refractivity contribution < 1.29 is 0 Å². The molecule has 16 heavy (non-hydrogen) atoms. The average molecular weight is 241 g/mol. The Balaban J connectivity index is 2.45. The Morgan fingerprint density at radius 1 is 1.38 bits per heavy atom. The second-order valence-corrected chi connectivity index (χ2v) is 4.74. The lowest BCUT2D eigenvalue weighted by Crippen LogP contribution is -2.34. The first-order valence-corrected chi connectivity index (χ1v) is 6.18. The molecule has 90 valence electrons. The number of nitrogens with two attached hydrogens (primary N) is 1. The van der Waals surface area contributed by atoms with Crippen molar-refractivity contribution in [2.45, 2.75) is 32.4 Å². The lowest BCUT2D eigenvalue weighted by atomic mass is 10.1. The van der Waals surface area contributed by atoms with Gasteiger partial charge in [-0.05, 0) is 25.1 Å². The van der Waals surface area contributed by atoms with Crippen LogP contribution in [0.25, 0.3) is 0 Å². The van der Waals surface area contributed by atoms with Gasteiger partial charge in [0.05, 0.1) is 0 Å². The molecule has 0 aromatic heterocycles. The number of nitrogens with zero attached hydrogens (tertiary/aromatic N) is 1. The maximum absolute atomic E-state index is 6.11. The number of rotatable bonds is 6. The van der Waals surface area contributed by atoms with Gasteiger partial charge in [0, 0.05) is 24.2 Å². The molecular weight excluding hydrogens is 220 g/mol. The molecule has 1 unspecified atom stereocenters. The summed E-state index contributed by atoms with van der Waals surface area (Å²) in [4.78, 5) is 2.22. The normalized spacial score (nSPS) is 13.1.